The van der Waals surface area contributed by atoms with Gasteiger partial charge in [-0.3, -0.25) is 14.9 Å². The first kappa shape index (κ1) is 22.8. The van der Waals surface area contributed by atoms with Crippen molar-refractivity contribution in [1.29, 1.82) is 0 Å². The van der Waals surface area contributed by atoms with Crippen molar-refractivity contribution in [3.8, 4) is 0 Å². The monoisotopic (exact) mass is 410 g/mol. The number of carbonyl (C=O) groups is 2. The molecule has 1 atom stereocenters. The number of benzene rings is 2. The molecule has 2 aromatic rings. The Hall–Kier alpha value is -3.48. The largest absolute Gasteiger partial charge is 0.452 e. The van der Waals surface area contributed by atoms with Crippen LogP contribution in [0.25, 0.3) is 6.08 Å². The van der Waals surface area contributed by atoms with Crippen LogP contribution in [0.4, 0.5) is 5.69 Å². The highest BCUT2D eigenvalue weighted by Crippen LogP contribution is 2.19. The molecule has 0 spiro atoms. The maximum atomic E-state index is 12.1. The number of nitrogens with one attached hydrogen (secondary N) is 1. The second-order valence-electron chi connectivity index (χ2n) is 7.39. The first-order chi connectivity index (χ1) is 14.3. The maximum absolute atomic E-state index is 12.1. The third-order valence-corrected chi connectivity index (χ3v) is 4.38. The number of amides is 1. The Morgan fingerprint density at radius 1 is 1.10 bits per heavy atom. The lowest BCUT2D eigenvalue weighted by Crippen LogP contribution is -2.30. The molecule has 0 saturated heterocycles. The Kier molecular flexibility index (Phi) is 8.29. The number of hydrogen-bond acceptors (Lipinski definition) is 5. The molecule has 2 aromatic carbocycles. The number of rotatable bonds is 9. The van der Waals surface area contributed by atoms with Crippen molar-refractivity contribution in [2.75, 3.05) is 6.61 Å². The van der Waals surface area contributed by atoms with Crippen LogP contribution >= 0.6 is 0 Å². The van der Waals surface area contributed by atoms with Gasteiger partial charge in [-0.1, -0.05) is 50.2 Å². The Bertz CT molecular complexity index is 919. The molecule has 0 aliphatic rings. The summed E-state index contributed by atoms with van der Waals surface area (Å²) in [4.78, 5) is 34.3. The molecule has 0 aliphatic heterocycles. The fraction of sp³-hybridized carbons (Fsp3) is 0.304. The minimum atomic E-state index is -0.756. The van der Waals surface area contributed by atoms with Crippen molar-refractivity contribution < 1.29 is 19.2 Å². The number of para-hydroxylation sites is 1. The van der Waals surface area contributed by atoms with Crippen LogP contribution in [0.1, 0.15) is 43.5 Å². The smallest absolute Gasteiger partial charge is 0.331 e. The van der Waals surface area contributed by atoms with Crippen LogP contribution in [0.15, 0.2) is 54.6 Å². The van der Waals surface area contributed by atoms with E-state index in [0.717, 1.165) is 18.1 Å². The Labute approximate surface area is 175 Å². The highest BCUT2D eigenvalue weighted by molar-refractivity contribution is 5.90. The summed E-state index contributed by atoms with van der Waals surface area (Å²) in [6.07, 6.45) is 3.35. The van der Waals surface area contributed by atoms with Gasteiger partial charge in [0.2, 0.25) is 0 Å². The first-order valence-electron chi connectivity index (χ1n) is 9.72. The van der Waals surface area contributed by atoms with Gasteiger partial charge in [-0.25, -0.2) is 4.79 Å². The van der Waals surface area contributed by atoms with E-state index >= 15 is 0 Å². The molecule has 0 bridgehead atoms. The molecule has 0 aromatic heterocycles. The zero-order valence-electron chi connectivity index (χ0n) is 17.3. The second kappa shape index (κ2) is 10.9. The Balaban J connectivity index is 1.84. The van der Waals surface area contributed by atoms with Gasteiger partial charge < -0.3 is 10.1 Å². The zero-order valence-corrected chi connectivity index (χ0v) is 17.3. The normalized spacial score (nSPS) is 12.0. The van der Waals surface area contributed by atoms with Crippen molar-refractivity contribution in [3.05, 3.63) is 81.4 Å². The van der Waals surface area contributed by atoms with E-state index in [2.05, 4.69) is 19.2 Å². The predicted molar refractivity (Wildman–Crippen MR) is 115 cm³/mol. The minimum Gasteiger partial charge on any atom is -0.452 e. The lowest BCUT2D eigenvalue weighted by Gasteiger charge is -2.15. The van der Waals surface area contributed by atoms with Gasteiger partial charge in [-0.15, -0.1) is 0 Å². The maximum Gasteiger partial charge on any atom is 0.331 e. The topological polar surface area (TPSA) is 98.5 Å². The first-order valence-corrected chi connectivity index (χ1v) is 9.72. The average Bonchev–Trinajstić information content (AvgIpc) is 2.70. The number of nitrogens with zero attached hydrogens (tertiary/aromatic N) is 1. The summed E-state index contributed by atoms with van der Waals surface area (Å²) in [5.41, 5.74) is 2.36. The van der Waals surface area contributed by atoms with Crippen molar-refractivity contribution in [2.24, 2.45) is 5.92 Å². The highest BCUT2D eigenvalue weighted by atomic mass is 16.6. The summed E-state index contributed by atoms with van der Waals surface area (Å²) < 4.78 is 4.92. The Morgan fingerprint density at radius 2 is 1.77 bits per heavy atom. The van der Waals surface area contributed by atoms with Crippen molar-refractivity contribution >= 4 is 23.6 Å². The van der Waals surface area contributed by atoms with E-state index in [1.165, 1.54) is 29.8 Å². The number of hydrogen-bond donors (Lipinski definition) is 1. The quantitative estimate of drug-likeness (QED) is 0.289. The molecule has 1 amide bonds. The molecule has 2 rings (SSSR count). The molecule has 0 radical (unpaired) electrons. The predicted octanol–water partition coefficient (Wildman–Crippen LogP) is 4.23. The molecule has 7 heteroatoms. The summed E-state index contributed by atoms with van der Waals surface area (Å²) in [5, 5.41) is 13.7. The fourth-order valence-electron chi connectivity index (χ4n) is 2.92. The lowest BCUT2D eigenvalue weighted by atomic mass is 10.00. The van der Waals surface area contributed by atoms with Gasteiger partial charge in [0, 0.05) is 12.1 Å². The van der Waals surface area contributed by atoms with Gasteiger partial charge in [0.1, 0.15) is 0 Å². The summed E-state index contributed by atoms with van der Waals surface area (Å²) in [5.74, 6) is -0.611. The van der Waals surface area contributed by atoms with Gasteiger partial charge >= 0.3 is 5.97 Å². The summed E-state index contributed by atoms with van der Waals surface area (Å²) in [6, 6.07) is 13.8. The molecular formula is C23H26N2O5. The SMILES string of the molecule is CC(C)Cc1ccc([C@H](C)NC(=O)COC(=O)/C=C/c2ccccc2[N+](=O)[O-])cc1. The van der Waals surface area contributed by atoms with Crippen LogP contribution < -0.4 is 5.32 Å². The molecule has 0 heterocycles. The van der Waals surface area contributed by atoms with E-state index in [0.29, 0.717) is 5.92 Å². The number of nitro benzene ring substituents is 1. The van der Waals surface area contributed by atoms with Crippen LogP contribution in [0, 0.1) is 16.0 Å². The third kappa shape index (κ3) is 7.16. The number of ether oxygens (including phenoxy) is 1. The molecule has 0 fully saturated rings. The zero-order chi connectivity index (χ0) is 22.1. The van der Waals surface area contributed by atoms with Crippen molar-refractivity contribution in [2.45, 2.75) is 33.2 Å². The number of carbonyl (C=O) groups excluding carboxylic acids is 2. The van der Waals surface area contributed by atoms with Crippen LogP contribution in [0.5, 0.6) is 0 Å². The average molecular weight is 410 g/mol. The summed E-state index contributed by atoms with van der Waals surface area (Å²) in [7, 11) is 0. The lowest BCUT2D eigenvalue weighted by molar-refractivity contribution is -0.385. The van der Waals surface area contributed by atoms with Gasteiger partial charge in [0.05, 0.1) is 16.5 Å². The summed E-state index contributed by atoms with van der Waals surface area (Å²) >= 11 is 0. The van der Waals surface area contributed by atoms with E-state index in [4.69, 9.17) is 4.74 Å². The third-order valence-electron chi connectivity index (χ3n) is 4.38. The number of esters is 1. The minimum absolute atomic E-state index is 0.118. The van der Waals surface area contributed by atoms with Crippen molar-refractivity contribution in [3.63, 3.8) is 0 Å². The second-order valence-corrected chi connectivity index (χ2v) is 7.39. The van der Waals surface area contributed by atoms with E-state index in [-0.39, 0.29) is 17.3 Å². The highest BCUT2D eigenvalue weighted by Gasteiger charge is 2.13. The van der Waals surface area contributed by atoms with Crippen LogP contribution in [0.3, 0.4) is 0 Å². The Morgan fingerprint density at radius 3 is 2.40 bits per heavy atom. The van der Waals surface area contributed by atoms with E-state index in [1.807, 2.05) is 31.2 Å². The van der Waals surface area contributed by atoms with Gasteiger partial charge in [0.25, 0.3) is 11.6 Å². The molecule has 7 nitrogen and oxygen atoms in total. The molecule has 158 valence electrons. The summed E-state index contributed by atoms with van der Waals surface area (Å²) in [6.45, 7) is 5.74. The molecule has 1 N–H and O–H groups in total. The van der Waals surface area contributed by atoms with E-state index in [9.17, 15) is 19.7 Å². The van der Waals surface area contributed by atoms with Crippen LogP contribution in [0.2, 0.25) is 0 Å². The van der Waals surface area contributed by atoms with Gasteiger partial charge in [-0.2, -0.15) is 0 Å². The van der Waals surface area contributed by atoms with Crippen molar-refractivity contribution in [1.82, 2.24) is 5.32 Å². The molecule has 30 heavy (non-hydrogen) atoms. The standard InChI is InChI=1S/C23H26N2O5/c1-16(2)14-18-8-10-19(11-9-18)17(3)24-22(26)15-30-23(27)13-12-20-6-4-5-7-21(20)25(28)29/h4-13,16-17H,14-15H2,1-3H3,(H,24,26)/b13-12+/t17-/m0/s1. The van der Waals surface area contributed by atoms with Gasteiger partial charge in [0.15, 0.2) is 6.61 Å². The van der Waals surface area contributed by atoms with Gasteiger partial charge in [-0.05, 0) is 42.5 Å². The molecule has 0 saturated carbocycles. The molecule has 0 unspecified atom stereocenters. The fourth-order valence-corrected chi connectivity index (χ4v) is 2.92. The number of nitro groups is 1. The van der Waals surface area contributed by atoms with E-state index in [1.54, 1.807) is 6.07 Å². The van der Waals surface area contributed by atoms with Crippen LogP contribution in [-0.4, -0.2) is 23.4 Å². The van der Waals surface area contributed by atoms with E-state index < -0.39 is 23.4 Å². The van der Waals surface area contributed by atoms with Crippen LogP contribution in [-0.2, 0) is 20.7 Å². The molecular weight excluding hydrogens is 384 g/mol. The molecule has 0 aliphatic carbocycles.